The fourth-order valence-corrected chi connectivity index (χ4v) is 3.29. The smallest absolute Gasteiger partial charge is 0.161 e. The van der Waals surface area contributed by atoms with Crippen molar-refractivity contribution >= 4 is 23.1 Å². The lowest BCUT2D eigenvalue weighted by Crippen LogP contribution is -2.19. The van der Waals surface area contributed by atoms with Crippen LogP contribution in [0.15, 0.2) is 48.5 Å². The molecule has 1 aliphatic rings. The van der Waals surface area contributed by atoms with E-state index in [2.05, 4.69) is 35.2 Å². The van der Waals surface area contributed by atoms with Gasteiger partial charge in [0.1, 0.15) is 0 Å². The van der Waals surface area contributed by atoms with Crippen LogP contribution in [0.4, 0.5) is 5.69 Å². The Bertz CT molecular complexity index is 654. The number of halogens is 1. The van der Waals surface area contributed by atoms with Gasteiger partial charge in [0.15, 0.2) is 5.78 Å². The molecule has 0 N–H and O–H groups in total. The third-order valence-corrected chi connectivity index (χ3v) is 4.47. The first-order valence-corrected chi connectivity index (χ1v) is 7.63. The summed E-state index contributed by atoms with van der Waals surface area (Å²) in [5, 5.41) is 0.545. The van der Waals surface area contributed by atoms with E-state index in [9.17, 15) is 4.79 Å². The van der Waals surface area contributed by atoms with Crippen molar-refractivity contribution in [2.75, 3.05) is 18.0 Å². The molecule has 2 aromatic carbocycles. The van der Waals surface area contributed by atoms with Crippen molar-refractivity contribution in [2.24, 2.45) is 0 Å². The second-order valence-electron chi connectivity index (χ2n) is 5.56. The van der Waals surface area contributed by atoms with Crippen molar-refractivity contribution in [3.05, 3.63) is 64.7 Å². The van der Waals surface area contributed by atoms with E-state index < -0.39 is 0 Å². The van der Waals surface area contributed by atoms with Crippen LogP contribution in [0.3, 0.4) is 0 Å². The molecule has 1 unspecified atom stereocenters. The summed E-state index contributed by atoms with van der Waals surface area (Å²) < 4.78 is 0. The molecule has 3 rings (SSSR count). The minimum absolute atomic E-state index is 0.00938. The number of anilines is 1. The lowest BCUT2D eigenvalue weighted by molar-refractivity contribution is 0.101. The molecule has 0 radical (unpaired) electrons. The van der Waals surface area contributed by atoms with Gasteiger partial charge in [-0.15, -0.1) is 0 Å². The Morgan fingerprint density at radius 1 is 1.19 bits per heavy atom. The SMILES string of the molecule is CC(=O)c1ccc(N2CCC(c3ccccc3)C2)cc1Cl. The van der Waals surface area contributed by atoms with Crippen LogP contribution < -0.4 is 4.90 Å². The molecule has 1 heterocycles. The molecular weight excluding hydrogens is 282 g/mol. The molecule has 0 spiro atoms. The standard InChI is InChI=1S/C18H18ClNO/c1-13(21)17-8-7-16(11-18(17)19)20-10-9-15(12-20)14-5-3-2-4-6-14/h2-8,11,15H,9-10,12H2,1H3. The third-order valence-electron chi connectivity index (χ3n) is 4.16. The highest BCUT2D eigenvalue weighted by atomic mass is 35.5. The number of carbonyl (C=O) groups is 1. The predicted molar refractivity (Wildman–Crippen MR) is 87.5 cm³/mol. The van der Waals surface area contributed by atoms with Crippen molar-refractivity contribution in [3.8, 4) is 0 Å². The Labute approximate surface area is 130 Å². The van der Waals surface area contributed by atoms with Gasteiger partial charge in [-0.25, -0.2) is 0 Å². The summed E-state index contributed by atoms with van der Waals surface area (Å²) in [6.07, 6.45) is 1.15. The quantitative estimate of drug-likeness (QED) is 0.776. The molecule has 0 aliphatic carbocycles. The van der Waals surface area contributed by atoms with Crippen LogP contribution in [0.1, 0.15) is 35.2 Å². The van der Waals surface area contributed by atoms with E-state index in [1.807, 2.05) is 18.2 Å². The molecule has 0 aromatic heterocycles. The first-order chi connectivity index (χ1) is 10.1. The van der Waals surface area contributed by atoms with E-state index in [0.29, 0.717) is 16.5 Å². The van der Waals surface area contributed by atoms with Crippen molar-refractivity contribution < 1.29 is 4.79 Å². The maximum absolute atomic E-state index is 11.4. The molecular formula is C18H18ClNO. The van der Waals surface area contributed by atoms with Gasteiger partial charge in [0.25, 0.3) is 0 Å². The Kier molecular flexibility index (Phi) is 3.98. The summed E-state index contributed by atoms with van der Waals surface area (Å²) in [6, 6.07) is 16.4. The molecule has 2 aromatic rings. The lowest BCUT2D eigenvalue weighted by atomic mass is 9.99. The molecule has 1 saturated heterocycles. The monoisotopic (exact) mass is 299 g/mol. The summed E-state index contributed by atoms with van der Waals surface area (Å²) >= 11 is 6.21. The second kappa shape index (κ2) is 5.90. The summed E-state index contributed by atoms with van der Waals surface area (Å²) in [5.74, 6) is 0.576. The third kappa shape index (κ3) is 2.96. The maximum Gasteiger partial charge on any atom is 0.161 e. The number of rotatable bonds is 3. The van der Waals surface area contributed by atoms with E-state index in [1.165, 1.54) is 5.56 Å². The van der Waals surface area contributed by atoms with Crippen LogP contribution in [0.2, 0.25) is 5.02 Å². The van der Waals surface area contributed by atoms with Gasteiger partial charge in [0.2, 0.25) is 0 Å². The van der Waals surface area contributed by atoms with E-state index in [1.54, 1.807) is 6.92 Å². The largest absolute Gasteiger partial charge is 0.371 e. The number of benzene rings is 2. The Balaban J connectivity index is 1.77. The van der Waals surface area contributed by atoms with Crippen LogP contribution >= 0.6 is 11.6 Å². The van der Waals surface area contributed by atoms with Gasteiger partial charge in [0.05, 0.1) is 5.02 Å². The summed E-state index contributed by atoms with van der Waals surface area (Å²) in [7, 11) is 0. The zero-order valence-electron chi connectivity index (χ0n) is 12.1. The van der Waals surface area contributed by atoms with E-state index in [-0.39, 0.29) is 5.78 Å². The van der Waals surface area contributed by atoms with Gasteiger partial charge in [-0.05, 0) is 37.1 Å². The van der Waals surface area contributed by atoms with Crippen molar-refractivity contribution in [1.82, 2.24) is 0 Å². The Hall–Kier alpha value is -1.80. The molecule has 2 nitrogen and oxygen atoms in total. The van der Waals surface area contributed by atoms with Gasteiger partial charge in [0, 0.05) is 30.3 Å². The summed E-state index contributed by atoms with van der Waals surface area (Å²) in [6.45, 7) is 3.57. The molecule has 1 atom stereocenters. The molecule has 1 aliphatic heterocycles. The van der Waals surface area contributed by atoms with Gasteiger partial charge in [-0.1, -0.05) is 41.9 Å². The van der Waals surface area contributed by atoms with Gasteiger partial charge in [-0.3, -0.25) is 4.79 Å². The molecule has 0 bridgehead atoms. The van der Waals surface area contributed by atoms with Gasteiger partial charge < -0.3 is 4.90 Å². The molecule has 0 saturated carbocycles. The molecule has 108 valence electrons. The molecule has 1 fully saturated rings. The zero-order chi connectivity index (χ0) is 14.8. The fraction of sp³-hybridized carbons (Fsp3) is 0.278. The van der Waals surface area contributed by atoms with Crippen molar-refractivity contribution in [3.63, 3.8) is 0 Å². The van der Waals surface area contributed by atoms with Gasteiger partial charge in [-0.2, -0.15) is 0 Å². The molecule has 0 amide bonds. The van der Waals surface area contributed by atoms with Crippen LogP contribution in [0.5, 0.6) is 0 Å². The molecule has 3 heteroatoms. The lowest BCUT2D eigenvalue weighted by Gasteiger charge is -2.19. The first-order valence-electron chi connectivity index (χ1n) is 7.25. The normalized spacial score (nSPS) is 18.0. The van der Waals surface area contributed by atoms with Crippen LogP contribution in [-0.2, 0) is 0 Å². The van der Waals surface area contributed by atoms with E-state index in [4.69, 9.17) is 11.6 Å². The number of ketones is 1. The van der Waals surface area contributed by atoms with Crippen molar-refractivity contribution in [1.29, 1.82) is 0 Å². The van der Waals surface area contributed by atoms with Crippen LogP contribution in [0, 0.1) is 0 Å². The number of carbonyl (C=O) groups excluding carboxylic acids is 1. The highest BCUT2D eigenvalue weighted by Gasteiger charge is 2.24. The summed E-state index contributed by atoms with van der Waals surface area (Å²) in [4.78, 5) is 13.8. The van der Waals surface area contributed by atoms with E-state index >= 15 is 0 Å². The average molecular weight is 300 g/mol. The predicted octanol–water partition coefficient (Wildman–Crippen LogP) is 4.54. The zero-order valence-corrected chi connectivity index (χ0v) is 12.8. The number of nitrogens with zero attached hydrogens (tertiary/aromatic N) is 1. The topological polar surface area (TPSA) is 20.3 Å². The van der Waals surface area contributed by atoms with Gasteiger partial charge >= 0.3 is 0 Å². The minimum atomic E-state index is 0.00938. The maximum atomic E-state index is 11.4. The first kappa shape index (κ1) is 14.2. The average Bonchev–Trinajstić information content (AvgIpc) is 2.97. The van der Waals surface area contributed by atoms with Crippen molar-refractivity contribution in [2.45, 2.75) is 19.3 Å². The second-order valence-corrected chi connectivity index (χ2v) is 5.97. The summed E-state index contributed by atoms with van der Waals surface area (Å²) in [5.41, 5.74) is 3.09. The number of Topliss-reactive ketones (excluding diaryl/α,β-unsaturated/α-hetero) is 1. The molecule has 21 heavy (non-hydrogen) atoms. The Morgan fingerprint density at radius 3 is 2.62 bits per heavy atom. The minimum Gasteiger partial charge on any atom is -0.371 e. The highest BCUT2D eigenvalue weighted by molar-refractivity contribution is 6.34. The fourth-order valence-electron chi connectivity index (χ4n) is 2.98. The van der Waals surface area contributed by atoms with Crippen LogP contribution in [-0.4, -0.2) is 18.9 Å². The highest BCUT2D eigenvalue weighted by Crippen LogP contribution is 2.32. The van der Waals surface area contributed by atoms with E-state index in [0.717, 1.165) is 25.2 Å². The number of hydrogen-bond acceptors (Lipinski definition) is 2. The number of hydrogen-bond donors (Lipinski definition) is 0. The van der Waals surface area contributed by atoms with Crippen LogP contribution in [0.25, 0.3) is 0 Å². The Morgan fingerprint density at radius 2 is 1.95 bits per heavy atom.